The van der Waals surface area contributed by atoms with E-state index in [2.05, 4.69) is 20.0 Å². The van der Waals surface area contributed by atoms with E-state index in [1.807, 2.05) is 39.0 Å². The molecule has 254 valence electrons. The molecule has 14 nitrogen and oxygen atoms in total. The van der Waals surface area contributed by atoms with E-state index in [0.29, 0.717) is 16.7 Å². The van der Waals surface area contributed by atoms with Crippen LogP contribution in [0.25, 0.3) is 21.9 Å². The summed E-state index contributed by atoms with van der Waals surface area (Å²) in [5.74, 6) is -0.106. The fraction of sp³-hybridized carbons (Fsp3) is 0.484. The molecule has 2 aromatic heterocycles. The Labute approximate surface area is 272 Å². The van der Waals surface area contributed by atoms with Gasteiger partial charge in [-0.05, 0) is 30.7 Å². The quantitative estimate of drug-likeness (QED) is 0.151. The molecule has 4 aromatic rings. The van der Waals surface area contributed by atoms with Gasteiger partial charge in [-0.3, -0.25) is 13.9 Å². The SMILES string of the molecule is C[C@H](NP(=O)(OC[C@H]1O[C@@H](n2cnc3c(N(C)C)nc(N)nc32)[C@](C)(F)[C@@H]1O)Oc1cccc2ccccc12)C(=O)OCC(C)(C)C. The standard InChI is InChI=1S/C31H41FN7O7P/c1-18(27(41)43-16-30(2,3)4)37-47(42,46-21-14-10-12-19-11-8-9-13-20(19)21)44-15-22-24(40)31(5,32)28(45-22)39-17-34-23-25(38(6)7)35-29(33)36-26(23)39/h8-14,17-18,22,24,28,40H,15-16H2,1-7H3,(H,37,42)(H2,33,35,36)/t18-,22+,24+,28+,31+,47?/m0/s1. The number of ether oxygens (including phenoxy) is 2. The second-order valence-corrected chi connectivity index (χ2v) is 14.8. The number of anilines is 2. The maximum Gasteiger partial charge on any atom is 0.459 e. The molecule has 1 saturated heterocycles. The van der Waals surface area contributed by atoms with Crippen LogP contribution in [0.2, 0.25) is 0 Å². The maximum atomic E-state index is 16.3. The molecule has 0 spiro atoms. The second kappa shape index (κ2) is 13.0. The van der Waals surface area contributed by atoms with Crippen molar-refractivity contribution in [2.75, 3.05) is 37.9 Å². The third-order valence-electron chi connectivity index (χ3n) is 7.54. The number of nitrogens with zero attached hydrogens (tertiary/aromatic N) is 5. The van der Waals surface area contributed by atoms with Gasteiger partial charge in [0.25, 0.3) is 0 Å². The summed E-state index contributed by atoms with van der Waals surface area (Å²) in [4.78, 5) is 27.3. The van der Waals surface area contributed by atoms with Crippen molar-refractivity contribution in [2.24, 2.45) is 5.41 Å². The number of hydrogen-bond acceptors (Lipinski definition) is 12. The van der Waals surface area contributed by atoms with Gasteiger partial charge in [-0.1, -0.05) is 57.2 Å². The van der Waals surface area contributed by atoms with Crippen molar-refractivity contribution in [3.05, 3.63) is 48.8 Å². The van der Waals surface area contributed by atoms with E-state index >= 15 is 4.39 Å². The normalized spacial score (nSPS) is 23.5. The number of aliphatic hydroxyl groups excluding tert-OH is 1. The number of aromatic nitrogens is 4. The van der Waals surface area contributed by atoms with Crippen LogP contribution < -0.4 is 20.2 Å². The molecule has 5 rings (SSSR count). The number of alkyl halides is 1. The molecule has 2 aromatic carbocycles. The lowest BCUT2D eigenvalue weighted by Gasteiger charge is -2.26. The highest BCUT2D eigenvalue weighted by molar-refractivity contribution is 7.52. The topological polar surface area (TPSA) is 176 Å². The van der Waals surface area contributed by atoms with E-state index in [1.165, 1.54) is 24.7 Å². The minimum absolute atomic E-state index is 0.0605. The van der Waals surface area contributed by atoms with Crippen LogP contribution >= 0.6 is 7.75 Å². The zero-order chi connectivity index (χ0) is 34.3. The van der Waals surface area contributed by atoms with Gasteiger partial charge in [-0.25, -0.2) is 13.9 Å². The minimum atomic E-state index is -4.41. The monoisotopic (exact) mass is 673 g/mol. The van der Waals surface area contributed by atoms with Crippen LogP contribution in [0, 0.1) is 5.41 Å². The zero-order valence-electron chi connectivity index (χ0n) is 27.4. The smallest absolute Gasteiger partial charge is 0.459 e. The van der Waals surface area contributed by atoms with Crippen LogP contribution in [-0.4, -0.2) is 81.8 Å². The van der Waals surface area contributed by atoms with Crippen LogP contribution in [-0.2, 0) is 23.4 Å². The van der Waals surface area contributed by atoms with Crippen LogP contribution in [0.3, 0.4) is 0 Å². The summed E-state index contributed by atoms with van der Waals surface area (Å²) in [6.45, 7) is 7.90. The summed E-state index contributed by atoms with van der Waals surface area (Å²) in [5.41, 5.74) is 3.79. The Morgan fingerprint density at radius 1 is 1.23 bits per heavy atom. The van der Waals surface area contributed by atoms with Crippen LogP contribution in [0.5, 0.6) is 5.75 Å². The largest absolute Gasteiger partial charge is 0.464 e. The Morgan fingerprint density at radius 2 is 1.94 bits per heavy atom. The first-order chi connectivity index (χ1) is 22.0. The Hall–Kier alpha value is -3.88. The summed E-state index contributed by atoms with van der Waals surface area (Å²) in [7, 11) is -0.909. The molecule has 4 N–H and O–H groups in total. The molecule has 1 aliphatic rings. The fourth-order valence-corrected chi connectivity index (χ4v) is 6.64. The van der Waals surface area contributed by atoms with Gasteiger partial charge in [0.1, 0.15) is 24.0 Å². The third-order valence-corrected chi connectivity index (χ3v) is 9.17. The highest BCUT2D eigenvalue weighted by atomic mass is 31.2. The van der Waals surface area contributed by atoms with Crippen molar-refractivity contribution in [3.63, 3.8) is 0 Å². The number of nitrogens with two attached hydrogens (primary N) is 1. The summed E-state index contributed by atoms with van der Waals surface area (Å²) in [6.07, 6.45) is -3.16. The molecule has 47 heavy (non-hydrogen) atoms. The van der Waals surface area contributed by atoms with Gasteiger partial charge in [0, 0.05) is 19.5 Å². The van der Waals surface area contributed by atoms with E-state index in [-0.39, 0.29) is 29.4 Å². The van der Waals surface area contributed by atoms with E-state index < -0.39 is 50.5 Å². The van der Waals surface area contributed by atoms with E-state index in [1.54, 1.807) is 43.3 Å². The molecule has 0 radical (unpaired) electrons. The fourth-order valence-electron chi connectivity index (χ4n) is 5.12. The van der Waals surface area contributed by atoms with Gasteiger partial charge in [0.05, 0.1) is 19.5 Å². The van der Waals surface area contributed by atoms with Crippen molar-refractivity contribution < 1.29 is 37.4 Å². The molecular weight excluding hydrogens is 632 g/mol. The van der Waals surface area contributed by atoms with Crippen molar-refractivity contribution in [1.82, 2.24) is 24.6 Å². The van der Waals surface area contributed by atoms with Gasteiger partial charge in [0.2, 0.25) is 5.95 Å². The number of fused-ring (bicyclic) bond motifs is 2. The molecule has 1 fully saturated rings. The number of halogens is 1. The van der Waals surface area contributed by atoms with Gasteiger partial charge in [-0.15, -0.1) is 0 Å². The number of esters is 1. The number of nitrogens with one attached hydrogen (secondary N) is 1. The predicted molar refractivity (Wildman–Crippen MR) is 175 cm³/mol. The average molecular weight is 674 g/mol. The second-order valence-electron chi connectivity index (χ2n) is 13.1. The van der Waals surface area contributed by atoms with E-state index in [9.17, 15) is 14.5 Å². The number of rotatable bonds is 11. The molecule has 0 aliphatic carbocycles. The van der Waals surface area contributed by atoms with Crippen molar-refractivity contribution in [3.8, 4) is 5.75 Å². The summed E-state index contributed by atoms with van der Waals surface area (Å²) in [5, 5.41) is 15.2. The molecule has 0 saturated carbocycles. The van der Waals surface area contributed by atoms with Crippen LogP contribution in [0.4, 0.5) is 16.2 Å². The third kappa shape index (κ3) is 7.34. The van der Waals surface area contributed by atoms with Gasteiger partial charge in [0.15, 0.2) is 28.9 Å². The molecule has 1 unspecified atom stereocenters. The Morgan fingerprint density at radius 3 is 2.64 bits per heavy atom. The first-order valence-electron chi connectivity index (χ1n) is 15.1. The minimum Gasteiger partial charge on any atom is -0.464 e. The highest BCUT2D eigenvalue weighted by Gasteiger charge is 2.56. The van der Waals surface area contributed by atoms with Crippen molar-refractivity contribution in [1.29, 1.82) is 0 Å². The summed E-state index contributed by atoms with van der Waals surface area (Å²) >= 11 is 0. The van der Waals surface area contributed by atoms with E-state index in [4.69, 9.17) is 24.3 Å². The molecule has 6 atom stereocenters. The lowest BCUT2D eigenvalue weighted by Crippen LogP contribution is -2.41. The molecule has 1 aliphatic heterocycles. The summed E-state index contributed by atoms with van der Waals surface area (Å²) in [6, 6.07) is 11.4. The Balaban J connectivity index is 1.41. The number of aliphatic hydroxyl groups is 1. The first-order valence-corrected chi connectivity index (χ1v) is 16.6. The lowest BCUT2D eigenvalue weighted by atomic mass is 9.98. The highest BCUT2D eigenvalue weighted by Crippen LogP contribution is 2.49. The van der Waals surface area contributed by atoms with Gasteiger partial charge >= 0.3 is 13.7 Å². The number of nitrogen functional groups attached to an aromatic ring is 1. The molecule has 0 amide bonds. The zero-order valence-corrected chi connectivity index (χ0v) is 28.3. The first kappa shape index (κ1) is 34.5. The Kier molecular flexibility index (Phi) is 9.50. The van der Waals surface area contributed by atoms with Gasteiger partial charge < -0.3 is 29.7 Å². The number of hydrogen-bond donors (Lipinski definition) is 3. The Bertz CT molecular complexity index is 1810. The number of imidazole rings is 1. The maximum absolute atomic E-state index is 16.3. The number of benzene rings is 2. The molecule has 0 bridgehead atoms. The molecule has 3 heterocycles. The molecule has 16 heteroatoms. The van der Waals surface area contributed by atoms with Crippen LogP contribution in [0.1, 0.15) is 40.8 Å². The number of carbonyl (C=O) groups is 1. The molecular formula is C31H41FN7O7P. The average Bonchev–Trinajstić information content (AvgIpc) is 3.51. The van der Waals surface area contributed by atoms with Crippen molar-refractivity contribution in [2.45, 2.75) is 64.8 Å². The van der Waals surface area contributed by atoms with Crippen molar-refractivity contribution >= 4 is 47.4 Å². The van der Waals surface area contributed by atoms with Crippen LogP contribution in [0.15, 0.2) is 48.8 Å². The summed E-state index contributed by atoms with van der Waals surface area (Å²) < 4.78 is 55.1. The van der Waals surface area contributed by atoms with Gasteiger partial charge in [-0.2, -0.15) is 15.1 Å². The predicted octanol–water partition coefficient (Wildman–Crippen LogP) is 4.39. The number of carbonyl (C=O) groups excluding carboxylic acids is 1. The van der Waals surface area contributed by atoms with E-state index in [0.717, 1.165) is 5.39 Å². The lowest BCUT2D eigenvalue weighted by molar-refractivity contribution is -0.148.